The molecule has 6 heteroatoms. The number of piperidine rings is 1. The number of hydrogen-bond acceptors (Lipinski definition) is 3. The molecule has 28 heavy (non-hydrogen) atoms. The lowest BCUT2D eigenvalue weighted by molar-refractivity contribution is -0.117. The van der Waals surface area contributed by atoms with E-state index in [9.17, 15) is 4.79 Å². The van der Waals surface area contributed by atoms with Crippen LogP contribution in [0.2, 0.25) is 5.02 Å². The highest BCUT2D eigenvalue weighted by Gasteiger charge is 2.36. The van der Waals surface area contributed by atoms with Gasteiger partial charge in [-0.25, -0.2) is 0 Å². The highest BCUT2D eigenvalue weighted by molar-refractivity contribution is 6.30. The van der Waals surface area contributed by atoms with Crippen LogP contribution in [0, 0.1) is 5.41 Å². The molecule has 0 spiro atoms. The maximum atomic E-state index is 12.3. The lowest BCUT2D eigenvalue weighted by atomic mass is 9.68. The van der Waals surface area contributed by atoms with Crippen molar-refractivity contribution in [1.82, 2.24) is 10.2 Å². The van der Waals surface area contributed by atoms with Gasteiger partial charge in [0.05, 0.1) is 0 Å². The van der Waals surface area contributed by atoms with Crippen molar-refractivity contribution in [3.05, 3.63) is 47.0 Å². The van der Waals surface area contributed by atoms with Crippen LogP contribution in [-0.4, -0.2) is 42.3 Å². The molecular weight excluding hydrogens is 372 g/mol. The second-order valence-corrected chi connectivity index (χ2v) is 8.48. The molecule has 1 saturated heterocycles. The minimum Gasteiger partial charge on any atom is -0.357 e. The monoisotopic (exact) mass is 402 g/mol. The molecule has 2 fully saturated rings. The number of nitrogens with two attached hydrogens (primary N) is 1. The van der Waals surface area contributed by atoms with Crippen molar-refractivity contribution in [3.63, 3.8) is 0 Å². The van der Waals surface area contributed by atoms with Crippen molar-refractivity contribution in [2.75, 3.05) is 19.6 Å². The molecule has 0 radical (unpaired) electrons. The number of amides is 1. The van der Waals surface area contributed by atoms with E-state index in [1.807, 2.05) is 23.1 Å². The molecule has 4 N–H and O–H groups in total. The van der Waals surface area contributed by atoms with Gasteiger partial charge >= 0.3 is 0 Å². The molecule has 0 atom stereocenters. The van der Waals surface area contributed by atoms with E-state index in [2.05, 4.69) is 11.4 Å². The van der Waals surface area contributed by atoms with Crippen LogP contribution in [-0.2, 0) is 10.2 Å². The molecule has 1 aromatic rings. The number of carbonyl (C=O) groups is 1. The summed E-state index contributed by atoms with van der Waals surface area (Å²) in [4.78, 5) is 14.3. The first-order valence-electron chi connectivity index (χ1n) is 10.3. The van der Waals surface area contributed by atoms with E-state index in [4.69, 9.17) is 22.7 Å². The number of carbonyl (C=O) groups excluding carboxylic acids is 1. The van der Waals surface area contributed by atoms with Crippen molar-refractivity contribution in [1.29, 1.82) is 5.41 Å². The van der Waals surface area contributed by atoms with Crippen molar-refractivity contribution in [3.8, 4) is 0 Å². The molecule has 1 aromatic carbocycles. The minimum absolute atomic E-state index is 0.0572. The van der Waals surface area contributed by atoms with Gasteiger partial charge in [-0.3, -0.25) is 10.2 Å². The van der Waals surface area contributed by atoms with Crippen LogP contribution in [0.5, 0.6) is 0 Å². The van der Waals surface area contributed by atoms with E-state index in [1.165, 1.54) is 18.1 Å². The fourth-order valence-corrected chi connectivity index (χ4v) is 4.58. The predicted molar refractivity (Wildman–Crippen MR) is 115 cm³/mol. The normalized spacial score (nSPS) is 25.6. The van der Waals surface area contributed by atoms with E-state index in [0.29, 0.717) is 12.4 Å². The number of benzene rings is 1. The molecule has 2 aliphatic rings. The predicted octanol–water partition coefficient (Wildman–Crippen LogP) is 3.61. The van der Waals surface area contributed by atoms with Crippen LogP contribution in [0.1, 0.15) is 50.5 Å². The summed E-state index contributed by atoms with van der Waals surface area (Å²) in [6, 6.07) is 8.13. The van der Waals surface area contributed by atoms with Crippen molar-refractivity contribution < 1.29 is 4.79 Å². The zero-order valence-electron chi connectivity index (χ0n) is 16.4. The molecule has 1 aliphatic heterocycles. The first-order valence-corrected chi connectivity index (χ1v) is 10.7. The lowest BCUT2D eigenvalue weighted by Crippen LogP contribution is -2.45. The summed E-state index contributed by atoms with van der Waals surface area (Å²) in [5, 5.41) is 12.0. The maximum absolute atomic E-state index is 12.3. The second-order valence-electron chi connectivity index (χ2n) is 8.04. The third-order valence-electron chi connectivity index (χ3n) is 6.21. The first kappa shape index (κ1) is 20.9. The standard InChI is InChI=1S/C22H31ClN4O/c23-18-6-4-5-17(15-18)22(16-24)11-9-19(10-12-22)26-21(28)8-7-20(25)27-13-2-1-3-14-27/h4-8,15,19,25H,1-3,9-14,16,24H2,(H,26,28)/b8-7-,25-20?. The third kappa shape index (κ3) is 5.15. The molecule has 3 rings (SSSR count). The minimum atomic E-state index is -0.116. The number of nitrogens with one attached hydrogen (secondary N) is 2. The van der Waals surface area contributed by atoms with Crippen LogP contribution < -0.4 is 11.1 Å². The Morgan fingerprint density at radius 1 is 1.25 bits per heavy atom. The Morgan fingerprint density at radius 3 is 2.61 bits per heavy atom. The van der Waals surface area contributed by atoms with Gasteiger partial charge in [0.25, 0.3) is 0 Å². The summed E-state index contributed by atoms with van der Waals surface area (Å²) in [6.45, 7) is 2.41. The largest absolute Gasteiger partial charge is 0.357 e. The highest BCUT2D eigenvalue weighted by atomic mass is 35.5. The number of halogens is 1. The Balaban J connectivity index is 1.51. The molecular formula is C22H31ClN4O. The van der Waals surface area contributed by atoms with Gasteiger partial charge in [-0.05, 0) is 68.7 Å². The fourth-order valence-electron chi connectivity index (χ4n) is 4.39. The van der Waals surface area contributed by atoms with Crippen LogP contribution in [0.25, 0.3) is 0 Å². The van der Waals surface area contributed by atoms with E-state index >= 15 is 0 Å². The van der Waals surface area contributed by atoms with Gasteiger partial charge in [-0.1, -0.05) is 23.7 Å². The average molecular weight is 403 g/mol. The summed E-state index contributed by atoms with van der Waals surface area (Å²) in [7, 11) is 0. The Bertz CT molecular complexity index is 719. The van der Waals surface area contributed by atoms with Crippen LogP contribution in [0.3, 0.4) is 0 Å². The van der Waals surface area contributed by atoms with Crippen LogP contribution in [0.4, 0.5) is 0 Å². The third-order valence-corrected chi connectivity index (χ3v) is 6.44. The average Bonchev–Trinajstić information content (AvgIpc) is 2.73. The molecule has 5 nitrogen and oxygen atoms in total. The first-order chi connectivity index (χ1) is 13.5. The molecule has 152 valence electrons. The number of amidine groups is 1. The summed E-state index contributed by atoms with van der Waals surface area (Å²) in [5.41, 5.74) is 7.29. The Labute approximate surface area is 172 Å². The summed E-state index contributed by atoms with van der Waals surface area (Å²) in [5.74, 6) is 0.316. The van der Waals surface area contributed by atoms with Gasteiger partial charge in [0.1, 0.15) is 5.84 Å². The van der Waals surface area contributed by atoms with E-state index in [-0.39, 0.29) is 17.4 Å². The van der Waals surface area contributed by atoms with E-state index < -0.39 is 0 Å². The molecule has 1 heterocycles. The van der Waals surface area contributed by atoms with Gasteiger partial charge in [0, 0.05) is 42.2 Å². The molecule has 1 saturated carbocycles. The zero-order chi connectivity index (χ0) is 20.0. The SMILES string of the molecule is N=C(/C=C\C(=O)NC1CCC(CN)(c2cccc(Cl)c2)CC1)N1CCCCC1. The van der Waals surface area contributed by atoms with E-state index in [1.54, 1.807) is 6.08 Å². The van der Waals surface area contributed by atoms with Gasteiger partial charge < -0.3 is 16.0 Å². The van der Waals surface area contributed by atoms with Crippen molar-refractivity contribution >= 4 is 23.3 Å². The number of likely N-dealkylation sites (tertiary alicyclic amines) is 1. The maximum Gasteiger partial charge on any atom is 0.244 e. The second kappa shape index (κ2) is 9.57. The number of hydrogen-bond donors (Lipinski definition) is 3. The summed E-state index contributed by atoms with van der Waals surface area (Å²) < 4.78 is 0. The smallest absolute Gasteiger partial charge is 0.244 e. The quantitative estimate of drug-likeness (QED) is 0.399. The fraction of sp³-hybridized carbons (Fsp3) is 0.545. The van der Waals surface area contributed by atoms with Crippen molar-refractivity contribution in [2.24, 2.45) is 5.73 Å². The summed E-state index contributed by atoms with van der Waals surface area (Å²) >= 11 is 6.17. The number of nitrogens with zero attached hydrogens (tertiary/aromatic N) is 1. The summed E-state index contributed by atoms with van der Waals surface area (Å²) in [6.07, 6.45) is 10.3. The van der Waals surface area contributed by atoms with E-state index in [0.717, 1.165) is 56.6 Å². The lowest BCUT2D eigenvalue weighted by Gasteiger charge is -2.40. The van der Waals surface area contributed by atoms with Crippen LogP contribution in [0.15, 0.2) is 36.4 Å². The van der Waals surface area contributed by atoms with Gasteiger partial charge in [-0.2, -0.15) is 0 Å². The molecule has 0 unspecified atom stereocenters. The van der Waals surface area contributed by atoms with Crippen LogP contribution >= 0.6 is 11.6 Å². The van der Waals surface area contributed by atoms with Gasteiger partial charge in [0.15, 0.2) is 0 Å². The highest BCUT2D eigenvalue weighted by Crippen LogP contribution is 2.39. The Morgan fingerprint density at radius 2 is 1.96 bits per heavy atom. The molecule has 1 amide bonds. The van der Waals surface area contributed by atoms with Gasteiger partial charge in [0.2, 0.25) is 5.91 Å². The molecule has 1 aliphatic carbocycles. The topological polar surface area (TPSA) is 82.2 Å². The van der Waals surface area contributed by atoms with Gasteiger partial charge in [-0.15, -0.1) is 0 Å². The van der Waals surface area contributed by atoms with Crippen molar-refractivity contribution in [2.45, 2.75) is 56.4 Å². The Hall–Kier alpha value is -1.85. The molecule has 0 bridgehead atoms. The number of rotatable bonds is 5. The Kier molecular flexibility index (Phi) is 7.13. The molecule has 0 aromatic heterocycles. The zero-order valence-corrected chi connectivity index (χ0v) is 17.2.